The Bertz CT molecular complexity index is 738. The summed E-state index contributed by atoms with van der Waals surface area (Å²) in [5, 5.41) is 11.5. The van der Waals surface area contributed by atoms with E-state index in [-0.39, 0.29) is 15.9 Å². The van der Waals surface area contributed by atoms with Crippen LogP contribution in [0.3, 0.4) is 0 Å². The summed E-state index contributed by atoms with van der Waals surface area (Å²) >= 11 is 0. The van der Waals surface area contributed by atoms with Gasteiger partial charge in [0.05, 0.1) is 6.54 Å². The van der Waals surface area contributed by atoms with Crippen LogP contribution >= 0.6 is 0 Å². The van der Waals surface area contributed by atoms with Gasteiger partial charge in [-0.15, -0.1) is 0 Å². The molecule has 2 amide bonds. The van der Waals surface area contributed by atoms with E-state index in [1.165, 1.54) is 11.1 Å². The molecular weight excluding hydrogens is 330 g/mol. The highest BCUT2D eigenvalue weighted by Crippen LogP contribution is 2.43. The second-order valence-corrected chi connectivity index (χ2v) is 8.73. The molecule has 6 heteroatoms. The van der Waals surface area contributed by atoms with Crippen LogP contribution in [0.1, 0.15) is 50.8 Å². The molecule has 0 saturated carbocycles. The fourth-order valence-corrected chi connectivity index (χ4v) is 4.77. The Hall–Kier alpha value is -1.92. The molecular formula is C20H30N3O3+. The van der Waals surface area contributed by atoms with Crippen LogP contribution < -0.4 is 9.80 Å². The lowest BCUT2D eigenvalue weighted by atomic mass is 9.97. The molecule has 0 spiro atoms. The van der Waals surface area contributed by atoms with Gasteiger partial charge in [0.25, 0.3) is 0 Å². The summed E-state index contributed by atoms with van der Waals surface area (Å²) in [4.78, 5) is 26.6. The second-order valence-electron chi connectivity index (χ2n) is 8.73. The van der Waals surface area contributed by atoms with Crippen LogP contribution in [0.25, 0.3) is 0 Å². The first-order valence-corrected chi connectivity index (χ1v) is 9.30. The molecule has 3 atom stereocenters. The Balaban J connectivity index is 2.04. The van der Waals surface area contributed by atoms with Crippen LogP contribution in [0.4, 0.5) is 10.5 Å². The molecule has 1 aliphatic heterocycles. The number of nitrogens with one attached hydrogen (secondary N) is 1. The lowest BCUT2D eigenvalue weighted by molar-refractivity contribution is -0.132. The molecule has 1 fully saturated rings. The molecule has 2 aliphatic rings. The molecule has 1 aliphatic carbocycles. The highest BCUT2D eigenvalue weighted by molar-refractivity contribution is 5.97. The zero-order valence-electron chi connectivity index (χ0n) is 16.4. The minimum Gasteiger partial charge on any atom is -0.465 e. The van der Waals surface area contributed by atoms with Crippen molar-refractivity contribution < 1.29 is 14.7 Å². The minimum absolute atomic E-state index is 0.0537. The van der Waals surface area contributed by atoms with Crippen molar-refractivity contribution in [3.8, 4) is 0 Å². The molecule has 1 aromatic rings. The topological polar surface area (TPSA) is 69.6 Å². The van der Waals surface area contributed by atoms with Gasteiger partial charge in [-0.25, -0.2) is 14.1 Å². The van der Waals surface area contributed by atoms with E-state index in [0.29, 0.717) is 19.0 Å². The molecule has 0 radical (unpaired) electrons. The summed E-state index contributed by atoms with van der Waals surface area (Å²) < 4.78 is 0.192. The van der Waals surface area contributed by atoms with Crippen molar-refractivity contribution >= 4 is 17.7 Å². The molecule has 1 saturated heterocycles. The van der Waals surface area contributed by atoms with Crippen LogP contribution in [0.2, 0.25) is 0 Å². The summed E-state index contributed by atoms with van der Waals surface area (Å²) in [6, 6.07) is 6.21. The minimum atomic E-state index is -1.14. The van der Waals surface area contributed by atoms with Gasteiger partial charge < -0.3 is 15.3 Å². The summed E-state index contributed by atoms with van der Waals surface area (Å²) in [6.07, 6.45) is 1.50. The third-order valence-corrected chi connectivity index (χ3v) is 6.11. The average molecular weight is 360 g/mol. The monoisotopic (exact) mass is 360 g/mol. The van der Waals surface area contributed by atoms with E-state index < -0.39 is 12.1 Å². The number of quaternary nitrogens is 1. The molecule has 2 N–H and O–H groups in total. The lowest BCUT2D eigenvalue weighted by Gasteiger charge is -2.43. The molecule has 26 heavy (non-hydrogen) atoms. The number of likely N-dealkylation sites (tertiary alicyclic amines) is 1. The maximum atomic E-state index is 13.3. The van der Waals surface area contributed by atoms with Crippen LogP contribution in [0.15, 0.2) is 18.2 Å². The molecule has 2 unspecified atom stereocenters. The van der Waals surface area contributed by atoms with Gasteiger partial charge in [-0.2, -0.15) is 0 Å². The van der Waals surface area contributed by atoms with Crippen LogP contribution in [0, 0.1) is 0 Å². The Kier molecular flexibility index (Phi) is 4.61. The molecule has 3 rings (SSSR count). The smallest absolute Gasteiger partial charge is 0.405 e. The van der Waals surface area contributed by atoms with Gasteiger partial charge in [-0.1, -0.05) is 6.07 Å². The zero-order chi connectivity index (χ0) is 19.3. The number of carbonyl (C=O) groups excluding carboxylic acids is 1. The maximum Gasteiger partial charge on any atom is 0.405 e. The Morgan fingerprint density at radius 2 is 1.96 bits per heavy atom. The fourth-order valence-electron chi connectivity index (χ4n) is 4.77. The van der Waals surface area contributed by atoms with Gasteiger partial charge in [0.15, 0.2) is 6.04 Å². The molecule has 142 valence electrons. The van der Waals surface area contributed by atoms with Crippen molar-refractivity contribution in [3.05, 3.63) is 29.3 Å². The lowest BCUT2D eigenvalue weighted by Crippen LogP contribution is -2.64. The SMILES string of the molecule is CN(C)C1CCc2cc([N+]3(C(C)(C)C)CC[C@H](NC(=O)O)C3=O)ccc21. The number of fused-ring (bicyclic) bond motifs is 1. The first-order chi connectivity index (χ1) is 12.1. The van der Waals surface area contributed by atoms with Gasteiger partial charge in [0.1, 0.15) is 11.2 Å². The number of aryl methyl sites for hydroxylation is 1. The standard InChI is InChI=1S/C20H29N3O3/c1-20(2,3)23(11-10-16(18(23)24)21-19(25)26)14-7-8-15-13(12-14)6-9-17(15)22(4)5/h7-8,12,16-17,21H,6,9-11H2,1-5H3/p+1/t16-,17?,23?/m0/s1. The van der Waals surface area contributed by atoms with E-state index >= 15 is 0 Å². The number of amides is 2. The number of carboxylic acid groups (broad SMARTS) is 1. The van der Waals surface area contributed by atoms with Crippen LogP contribution in [0.5, 0.6) is 0 Å². The first-order valence-electron chi connectivity index (χ1n) is 9.30. The quantitative estimate of drug-likeness (QED) is 0.813. The summed E-state index contributed by atoms with van der Waals surface area (Å²) in [6.45, 7) is 6.79. The van der Waals surface area contributed by atoms with E-state index in [9.17, 15) is 9.59 Å². The second kappa shape index (κ2) is 6.35. The number of hydrogen-bond acceptors (Lipinski definition) is 3. The summed E-state index contributed by atoms with van der Waals surface area (Å²) in [5.74, 6) is -0.0537. The molecule has 1 heterocycles. The van der Waals surface area contributed by atoms with Gasteiger partial charge in [0.2, 0.25) is 0 Å². The largest absolute Gasteiger partial charge is 0.465 e. The summed E-state index contributed by atoms with van der Waals surface area (Å²) in [5.41, 5.74) is 3.29. The van der Waals surface area contributed by atoms with E-state index in [2.05, 4.69) is 63.3 Å². The summed E-state index contributed by atoms with van der Waals surface area (Å²) in [7, 11) is 4.20. The highest BCUT2D eigenvalue weighted by Gasteiger charge is 2.57. The van der Waals surface area contributed by atoms with E-state index in [1.807, 2.05) is 0 Å². The number of rotatable bonds is 3. The fraction of sp³-hybridized carbons (Fsp3) is 0.600. The van der Waals surface area contributed by atoms with Gasteiger partial charge in [0, 0.05) is 18.5 Å². The normalized spacial score (nSPS) is 28.5. The first kappa shape index (κ1) is 18.9. The van der Waals surface area contributed by atoms with Gasteiger partial charge in [-0.3, -0.25) is 0 Å². The number of hydrogen-bond donors (Lipinski definition) is 2. The van der Waals surface area contributed by atoms with Crippen molar-refractivity contribution in [1.82, 2.24) is 14.7 Å². The zero-order valence-corrected chi connectivity index (χ0v) is 16.4. The third-order valence-electron chi connectivity index (χ3n) is 6.11. The molecule has 1 aromatic carbocycles. The molecule has 0 bridgehead atoms. The van der Waals surface area contributed by atoms with Crippen molar-refractivity contribution in [1.29, 1.82) is 0 Å². The van der Waals surface area contributed by atoms with Crippen LogP contribution in [-0.2, 0) is 11.2 Å². The number of nitrogens with zero attached hydrogens (tertiary/aromatic N) is 2. The third kappa shape index (κ3) is 2.81. The molecule has 6 nitrogen and oxygen atoms in total. The highest BCUT2D eigenvalue weighted by atomic mass is 16.4. The Morgan fingerprint density at radius 1 is 1.27 bits per heavy atom. The molecule has 0 aromatic heterocycles. The predicted octanol–water partition coefficient (Wildman–Crippen LogP) is 2.91. The number of carbonyl (C=O) groups is 2. The van der Waals surface area contributed by atoms with Crippen molar-refractivity contribution in [2.45, 2.75) is 57.7 Å². The van der Waals surface area contributed by atoms with Gasteiger partial charge >= 0.3 is 12.0 Å². The van der Waals surface area contributed by atoms with Crippen LogP contribution in [-0.4, -0.2) is 54.2 Å². The van der Waals surface area contributed by atoms with Crippen molar-refractivity contribution in [2.24, 2.45) is 0 Å². The average Bonchev–Trinajstić information content (AvgIpc) is 3.08. The van der Waals surface area contributed by atoms with E-state index in [0.717, 1.165) is 18.5 Å². The van der Waals surface area contributed by atoms with E-state index in [4.69, 9.17) is 5.11 Å². The Labute approximate surface area is 155 Å². The number of benzene rings is 1. The predicted molar refractivity (Wildman–Crippen MR) is 102 cm³/mol. The van der Waals surface area contributed by atoms with Gasteiger partial charge in [-0.05, 0) is 64.9 Å². The van der Waals surface area contributed by atoms with Crippen molar-refractivity contribution in [2.75, 3.05) is 20.6 Å². The van der Waals surface area contributed by atoms with E-state index in [1.54, 1.807) is 0 Å². The maximum absolute atomic E-state index is 13.3. The van der Waals surface area contributed by atoms with Crippen molar-refractivity contribution in [3.63, 3.8) is 0 Å². The Morgan fingerprint density at radius 3 is 2.54 bits per heavy atom.